The number of rotatable bonds is 11. The minimum Gasteiger partial charge on any atom is -0.382 e. The van der Waals surface area contributed by atoms with E-state index in [1.165, 1.54) is 31.7 Å². The second kappa shape index (κ2) is 11.4. The molecule has 4 heterocycles. The second-order valence-electron chi connectivity index (χ2n) is 12.2. The van der Waals surface area contributed by atoms with E-state index in [4.69, 9.17) is 4.74 Å². The molecular weight excluding hydrogens is 576 g/mol. The number of imidazole rings is 1. The highest BCUT2D eigenvalue weighted by atomic mass is 19.4. The van der Waals surface area contributed by atoms with E-state index >= 15 is 0 Å². The smallest absolute Gasteiger partial charge is 0.382 e. The lowest BCUT2D eigenvalue weighted by Crippen LogP contribution is -2.53. The van der Waals surface area contributed by atoms with Gasteiger partial charge in [-0.05, 0) is 57.2 Å². The lowest BCUT2D eigenvalue weighted by molar-refractivity contribution is -0.184. The summed E-state index contributed by atoms with van der Waals surface area (Å²) in [6.07, 6.45) is -0.960. The van der Waals surface area contributed by atoms with Crippen molar-refractivity contribution in [3.63, 3.8) is 0 Å². The van der Waals surface area contributed by atoms with Gasteiger partial charge in [-0.3, -0.25) is 4.79 Å². The van der Waals surface area contributed by atoms with Crippen molar-refractivity contribution >= 4 is 17.6 Å². The minimum atomic E-state index is -4.67. The summed E-state index contributed by atoms with van der Waals surface area (Å²) >= 11 is 0. The molecule has 0 aliphatic carbocycles. The summed E-state index contributed by atoms with van der Waals surface area (Å²) in [6.45, 7) is 8.36. The Labute approximate surface area is 245 Å². The first-order valence-electron chi connectivity index (χ1n) is 13.7. The summed E-state index contributed by atoms with van der Waals surface area (Å²) in [5.41, 5.74) is -3.28. The molecule has 236 valence electrons. The maximum atomic E-state index is 14.9. The molecule has 3 atom stereocenters. The van der Waals surface area contributed by atoms with Gasteiger partial charge in [-0.2, -0.15) is 18.3 Å². The van der Waals surface area contributed by atoms with Crippen molar-refractivity contribution in [1.29, 1.82) is 0 Å². The SMILES string of the molecule is COC[C@H](c1cnn2cc([C@H](CCC(C)(C)C(C)(C)F)NC(=O)c3nonc3C)nc2c1)N1C[C@@](C)(C(F)(F)F)NC1=O. The van der Waals surface area contributed by atoms with Crippen LogP contribution in [0.25, 0.3) is 5.65 Å². The van der Waals surface area contributed by atoms with Crippen LogP contribution in [0.15, 0.2) is 23.1 Å². The number of hydrogen-bond acceptors (Lipinski definition) is 8. The molecule has 3 aromatic heterocycles. The van der Waals surface area contributed by atoms with E-state index < -0.39 is 53.4 Å². The quantitative estimate of drug-likeness (QED) is 0.302. The normalized spacial score (nSPS) is 19.5. The summed E-state index contributed by atoms with van der Waals surface area (Å²) in [7, 11) is 1.38. The largest absolute Gasteiger partial charge is 0.413 e. The molecule has 3 amide bonds. The number of aromatic nitrogens is 5. The van der Waals surface area contributed by atoms with Crippen LogP contribution in [0.2, 0.25) is 0 Å². The summed E-state index contributed by atoms with van der Waals surface area (Å²) in [4.78, 5) is 31.4. The molecule has 4 rings (SSSR count). The van der Waals surface area contributed by atoms with Crippen LogP contribution in [0.1, 0.15) is 87.0 Å². The van der Waals surface area contributed by atoms with Gasteiger partial charge in [-0.15, -0.1) is 0 Å². The number of carbonyl (C=O) groups is 2. The van der Waals surface area contributed by atoms with Crippen LogP contribution in [-0.4, -0.2) is 79.4 Å². The maximum Gasteiger partial charge on any atom is 0.413 e. The van der Waals surface area contributed by atoms with Crippen LogP contribution in [-0.2, 0) is 4.74 Å². The molecule has 12 nitrogen and oxygen atoms in total. The summed E-state index contributed by atoms with van der Waals surface area (Å²) in [5.74, 6) is -0.556. The first kappa shape index (κ1) is 32.1. The summed E-state index contributed by atoms with van der Waals surface area (Å²) in [5, 5.41) is 16.6. The summed E-state index contributed by atoms with van der Waals surface area (Å²) in [6, 6.07) is -0.875. The topological polar surface area (TPSA) is 140 Å². The number of aryl methyl sites for hydroxylation is 1. The molecule has 0 saturated carbocycles. The molecule has 0 aromatic carbocycles. The number of amides is 3. The highest BCUT2D eigenvalue weighted by molar-refractivity contribution is 5.93. The number of urea groups is 1. The van der Waals surface area contributed by atoms with Crippen molar-refractivity contribution in [2.75, 3.05) is 20.3 Å². The molecule has 0 radical (unpaired) electrons. The number of alkyl halides is 4. The Morgan fingerprint density at radius 1 is 1.23 bits per heavy atom. The molecule has 0 unspecified atom stereocenters. The molecule has 3 aromatic rings. The van der Waals surface area contributed by atoms with E-state index in [1.807, 2.05) is 5.32 Å². The zero-order valence-electron chi connectivity index (χ0n) is 25.0. The van der Waals surface area contributed by atoms with Crippen molar-refractivity contribution in [1.82, 2.24) is 40.4 Å². The predicted octanol–water partition coefficient (Wildman–Crippen LogP) is 4.48. The molecule has 1 aliphatic rings. The van der Waals surface area contributed by atoms with E-state index in [2.05, 4.69) is 30.3 Å². The third-order valence-corrected chi connectivity index (χ3v) is 8.40. The first-order chi connectivity index (χ1) is 19.9. The average Bonchev–Trinajstić information content (AvgIpc) is 3.60. The standard InChI is InChI=1S/C27H36F4N8O4/c1-15-21(37-43-36-15)22(40)34-17(8-9-24(2,3)25(4,5)28)18-12-39-20(33-18)10-16(11-32-39)19(13-42-7)38-14-26(6,27(29,30)31)35-23(38)41/h10-12,17,19H,8-9,13-14H2,1-7H3,(H,34,40)(H,35,41)/t17-,19+,26-/m0/s1. The van der Waals surface area contributed by atoms with E-state index in [1.54, 1.807) is 33.0 Å². The molecule has 1 fully saturated rings. The highest BCUT2D eigenvalue weighted by Gasteiger charge is 2.58. The Morgan fingerprint density at radius 2 is 1.93 bits per heavy atom. The van der Waals surface area contributed by atoms with Crippen molar-refractivity contribution in [3.05, 3.63) is 41.1 Å². The monoisotopic (exact) mass is 612 g/mol. The number of methoxy groups -OCH3 is 1. The van der Waals surface area contributed by atoms with Crippen LogP contribution < -0.4 is 10.6 Å². The van der Waals surface area contributed by atoms with Crippen LogP contribution in [0.4, 0.5) is 22.4 Å². The fraction of sp³-hybridized carbons (Fsp3) is 0.630. The molecular formula is C27H36F4N8O4. The zero-order chi connectivity index (χ0) is 32.0. The van der Waals surface area contributed by atoms with E-state index in [0.29, 0.717) is 35.4 Å². The molecule has 2 N–H and O–H groups in total. The third kappa shape index (κ3) is 6.43. The van der Waals surface area contributed by atoms with Gasteiger partial charge in [-0.25, -0.2) is 23.3 Å². The van der Waals surface area contributed by atoms with Gasteiger partial charge >= 0.3 is 12.2 Å². The van der Waals surface area contributed by atoms with Crippen molar-refractivity contribution < 1.29 is 36.5 Å². The van der Waals surface area contributed by atoms with Crippen molar-refractivity contribution in [2.45, 2.75) is 83.9 Å². The van der Waals surface area contributed by atoms with Gasteiger partial charge in [0.1, 0.15) is 11.4 Å². The Bertz CT molecular complexity index is 1480. The fourth-order valence-electron chi connectivity index (χ4n) is 4.72. The van der Waals surface area contributed by atoms with Crippen LogP contribution in [0, 0.1) is 12.3 Å². The number of nitrogens with one attached hydrogen (secondary N) is 2. The number of ether oxygens (including phenoxy) is 1. The van der Waals surface area contributed by atoms with Gasteiger partial charge < -0.3 is 20.3 Å². The van der Waals surface area contributed by atoms with Gasteiger partial charge in [0.15, 0.2) is 16.9 Å². The van der Waals surface area contributed by atoms with Gasteiger partial charge in [0.05, 0.1) is 43.3 Å². The molecule has 16 heteroatoms. The second-order valence-corrected chi connectivity index (χ2v) is 12.2. The Kier molecular flexibility index (Phi) is 8.48. The molecule has 1 aliphatic heterocycles. The lowest BCUT2D eigenvalue weighted by atomic mass is 9.74. The van der Waals surface area contributed by atoms with E-state index in [-0.39, 0.29) is 12.3 Å². The number of fused-ring (bicyclic) bond motifs is 1. The molecule has 0 bridgehead atoms. The van der Waals surface area contributed by atoms with Crippen molar-refractivity contribution in [2.24, 2.45) is 5.41 Å². The Morgan fingerprint density at radius 3 is 2.49 bits per heavy atom. The van der Waals surface area contributed by atoms with Crippen LogP contribution >= 0.6 is 0 Å². The van der Waals surface area contributed by atoms with Crippen molar-refractivity contribution in [3.8, 4) is 0 Å². The average molecular weight is 613 g/mol. The third-order valence-electron chi connectivity index (χ3n) is 8.40. The highest BCUT2D eigenvalue weighted by Crippen LogP contribution is 2.40. The number of nitrogens with zero attached hydrogens (tertiary/aromatic N) is 6. The van der Waals surface area contributed by atoms with Gasteiger partial charge in [0, 0.05) is 12.7 Å². The van der Waals surface area contributed by atoms with Gasteiger partial charge in [-0.1, -0.05) is 19.0 Å². The number of hydrogen-bond donors (Lipinski definition) is 2. The lowest BCUT2D eigenvalue weighted by Gasteiger charge is -2.36. The molecule has 0 spiro atoms. The van der Waals surface area contributed by atoms with Crippen LogP contribution in [0.3, 0.4) is 0 Å². The first-order valence-corrected chi connectivity index (χ1v) is 13.7. The van der Waals surface area contributed by atoms with Crippen LogP contribution in [0.5, 0.6) is 0 Å². The summed E-state index contributed by atoms with van der Waals surface area (Å²) < 4.78 is 67.3. The zero-order valence-corrected chi connectivity index (χ0v) is 25.0. The minimum absolute atomic E-state index is 0.00332. The van der Waals surface area contributed by atoms with E-state index in [0.717, 1.165) is 11.8 Å². The van der Waals surface area contributed by atoms with E-state index in [9.17, 15) is 27.2 Å². The molecule has 43 heavy (non-hydrogen) atoms. The Hall–Kier alpha value is -3.82. The fourth-order valence-corrected chi connectivity index (χ4v) is 4.72. The molecule has 1 saturated heterocycles. The van der Waals surface area contributed by atoms with Gasteiger partial charge in [0.2, 0.25) is 0 Å². The number of halogens is 4. The van der Waals surface area contributed by atoms with Gasteiger partial charge in [0.25, 0.3) is 5.91 Å². The number of carbonyl (C=O) groups excluding carboxylic acids is 2. The predicted molar refractivity (Wildman–Crippen MR) is 145 cm³/mol. The maximum absolute atomic E-state index is 14.9. The Balaban J connectivity index is 1.66.